The Kier molecular flexibility index (Phi) is 5.48. The second-order valence-corrected chi connectivity index (χ2v) is 5.67. The molecule has 7 heteroatoms. The number of aryl methyl sites for hydroxylation is 1. The molecule has 0 bridgehead atoms. The van der Waals surface area contributed by atoms with Gasteiger partial charge in [0.05, 0.1) is 11.3 Å². The summed E-state index contributed by atoms with van der Waals surface area (Å²) in [6.45, 7) is 5.97. The summed E-state index contributed by atoms with van der Waals surface area (Å²) in [5.41, 5.74) is 13.6. The van der Waals surface area contributed by atoms with Crippen LogP contribution in [0, 0.1) is 11.3 Å². The van der Waals surface area contributed by atoms with Gasteiger partial charge in [-0.1, -0.05) is 18.2 Å². The number of aromatic nitrogens is 2. The molecule has 0 spiro atoms. The highest BCUT2D eigenvalue weighted by molar-refractivity contribution is 6.05. The standard InChI is InChI=1S/C19H21N5O2/c1-4-14(25)11(3)7-6-8-13-15-12(9-20)10-24(5-2)19(15)23-17(16(13)21)18(22)26/h4,6-8,10,25H,5,21H2,1-3H3,(H2,22,26)/b8-6+,11-7-,14-4-. The topological polar surface area (TPSA) is 131 Å². The van der Waals surface area contributed by atoms with E-state index in [2.05, 4.69) is 11.1 Å². The third kappa shape index (κ3) is 3.30. The summed E-state index contributed by atoms with van der Waals surface area (Å²) in [6, 6.07) is 2.14. The number of carbonyl (C=O) groups is 1. The first-order valence-electron chi connectivity index (χ1n) is 8.08. The predicted molar refractivity (Wildman–Crippen MR) is 102 cm³/mol. The smallest absolute Gasteiger partial charge is 0.269 e. The Bertz CT molecular complexity index is 1000. The van der Waals surface area contributed by atoms with Crippen molar-refractivity contribution < 1.29 is 9.90 Å². The van der Waals surface area contributed by atoms with Gasteiger partial charge in [-0.3, -0.25) is 4.79 Å². The lowest BCUT2D eigenvalue weighted by Gasteiger charge is -2.09. The van der Waals surface area contributed by atoms with Crippen LogP contribution in [0.1, 0.15) is 42.4 Å². The van der Waals surface area contributed by atoms with Crippen LogP contribution in [-0.4, -0.2) is 20.6 Å². The summed E-state index contributed by atoms with van der Waals surface area (Å²) in [5, 5.41) is 19.7. The summed E-state index contributed by atoms with van der Waals surface area (Å²) in [4.78, 5) is 16.0. The number of nitrogens with two attached hydrogens (primary N) is 2. The highest BCUT2D eigenvalue weighted by Gasteiger charge is 2.20. The molecular formula is C19H21N5O2. The minimum absolute atomic E-state index is 0.0357. The van der Waals surface area contributed by atoms with E-state index in [1.54, 1.807) is 48.9 Å². The van der Waals surface area contributed by atoms with Gasteiger partial charge in [-0.15, -0.1) is 0 Å². The summed E-state index contributed by atoms with van der Waals surface area (Å²) in [6.07, 6.45) is 8.33. The van der Waals surface area contributed by atoms with E-state index in [1.165, 1.54) is 0 Å². The number of aliphatic hydroxyl groups excluding tert-OH is 1. The van der Waals surface area contributed by atoms with Crippen molar-refractivity contribution in [2.24, 2.45) is 5.73 Å². The Morgan fingerprint density at radius 2 is 2.19 bits per heavy atom. The Hall–Kier alpha value is -3.53. The maximum atomic E-state index is 11.7. The van der Waals surface area contributed by atoms with Crippen molar-refractivity contribution in [1.82, 2.24) is 9.55 Å². The molecule has 0 aliphatic rings. The Morgan fingerprint density at radius 3 is 2.73 bits per heavy atom. The molecule has 2 rings (SSSR count). The van der Waals surface area contributed by atoms with E-state index in [-0.39, 0.29) is 17.1 Å². The monoisotopic (exact) mass is 351 g/mol. The normalized spacial score (nSPS) is 12.7. The zero-order valence-electron chi connectivity index (χ0n) is 14.9. The second kappa shape index (κ2) is 7.57. The van der Waals surface area contributed by atoms with E-state index in [0.717, 1.165) is 0 Å². The summed E-state index contributed by atoms with van der Waals surface area (Å²) in [7, 11) is 0. The summed E-state index contributed by atoms with van der Waals surface area (Å²) < 4.78 is 1.77. The maximum Gasteiger partial charge on any atom is 0.269 e. The van der Waals surface area contributed by atoms with Gasteiger partial charge in [-0.05, 0) is 32.4 Å². The van der Waals surface area contributed by atoms with Gasteiger partial charge in [0.15, 0.2) is 5.69 Å². The highest BCUT2D eigenvalue weighted by Crippen LogP contribution is 2.31. The minimum atomic E-state index is -0.736. The minimum Gasteiger partial charge on any atom is -0.508 e. The van der Waals surface area contributed by atoms with Crippen molar-refractivity contribution in [2.75, 3.05) is 5.73 Å². The van der Waals surface area contributed by atoms with E-state index >= 15 is 0 Å². The molecule has 7 nitrogen and oxygen atoms in total. The van der Waals surface area contributed by atoms with Crippen LogP contribution in [-0.2, 0) is 6.54 Å². The van der Waals surface area contributed by atoms with Crippen LogP contribution in [0.4, 0.5) is 5.69 Å². The van der Waals surface area contributed by atoms with Crippen LogP contribution in [0.15, 0.2) is 35.8 Å². The third-order valence-corrected chi connectivity index (χ3v) is 4.06. The molecular weight excluding hydrogens is 330 g/mol. The average molecular weight is 351 g/mol. The maximum absolute atomic E-state index is 11.7. The molecule has 2 aromatic heterocycles. The molecule has 2 heterocycles. The number of hydrogen-bond acceptors (Lipinski definition) is 5. The van der Waals surface area contributed by atoms with E-state index in [4.69, 9.17) is 11.5 Å². The molecule has 0 saturated carbocycles. The molecule has 0 aliphatic heterocycles. The number of nitrogens with zero attached hydrogens (tertiary/aromatic N) is 3. The van der Waals surface area contributed by atoms with Gasteiger partial charge < -0.3 is 21.1 Å². The van der Waals surface area contributed by atoms with Gasteiger partial charge in [0.2, 0.25) is 0 Å². The first kappa shape index (κ1) is 18.8. The fourth-order valence-electron chi connectivity index (χ4n) is 2.65. The molecule has 0 aliphatic carbocycles. The number of amides is 1. The van der Waals surface area contributed by atoms with Crippen LogP contribution < -0.4 is 11.5 Å². The quantitative estimate of drug-likeness (QED) is 0.563. The van der Waals surface area contributed by atoms with Gasteiger partial charge in [0, 0.05) is 23.7 Å². The van der Waals surface area contributed by atoms with Gasteiger partial charge >= 0.3 is 0 Å². The van der Waals surface area contributed by atoms with Crippen LogP contribution >= 0.6 is 0 Å². The zero-order chi connectivity index (χ0) is 19.4. The first-order chi connectivity index (χ1) is 12.3. The molecule has 26 heavy (non-hydrogen) atoms. The molecule has 0 aromatic carbocycles. The molecule has 0 radical (unpaired) electrons. The molecule has 0 unspecified atom stereocenters. The van der Waals surface area contributed by atoms with Crippen molar-refractivity contribution in [1.29, 1.82) is 5.26 Å². The summed E-state index contributed by atoms with van der Waals surface area (Å²) >= 11 is 0. The number of allylic oxidation sites excluding steroid dienone is 4. The number of aliphatic hydroxyl groups is 1. The number of anilines is 1. The van der Waals surface area contributed by atoms with E-state index in [0.29, 0.717) is 34.3 Å². The van der Waals surface area contributed by atoms with Crippen molar-refractivity contribution in [3.8, 4) is 6.07 Å². The molecule has 0 fully saturated rings. The third-order valence-electron chi connectivity index (χ3n) is 4.06. The van der Waals surface area contributed by atoms with Crippen molar-refractivity contribution in [3.05, 3.63) is 52.6 Å². The molecule has 1 amide bonds. The van der Waals surface area contributed by atoms with Crippen LogP contribution in [0.5, 0.6) is 0 Å². The number of nitrogen functional groups attached to an aromatic ring is 1. The van der Waals surface area contributed by atoms with E-state index < -0.39 is 5.91 Å². The van der Waals surface area contributed by atoms with Crippen LogP contribution in [0.25, 0.3) is 17.1 Å². The number of fused-ring (bicyclic) bond motifs is 1. The lowest BCUT2D eigenvalue weighted by atomic mass is 10.0. The number of hydrogen-bond donors (Lipinski definition) is 3. The number of pyridine rings is 1. The number of carbonyl (C=O) groups excluding carboxylic acids is 1. The molecule has 2 aromatic rings. The SMILES string of the molecule is C/C=C(O)/C(C)=C\C=C\c1c(N)c(C(N)=O)nc2c1c(C#N)cn2CC. The molecule has 0 atom stereocenters. The second-order valence-electron chi connectivity index (χ2n) is 5.67. The Balaban J connectivity index is 2.78. The average Bonchev–Trinajstić information content (AvgIpc) is 2.99. The molecule has 134 valence electrons. The number of nitriles is 1. The van der Waals surface area contributed by atoms with Crippen LogP contribution in [0.3, 0.4) is 0 Å². The van der Waals surface area contributed by atoms with Gasteiger partial charge in [0.1, 0.15) is 17.5 Å². The molecule has 0 saturated heterocycles. The number of rotatable bonds is 5. The zero-order valence-corrected chi connectivity index (χ0v) is 14.9. The van der Waals surface area contributed by atoms with Gasteiger partial charge in [-0.2, -0.15) is 5.26 Å². The van der Waals surface area contributed by atoms with Crippen molar-refractivity contribution in [3.63, 3.8) is 0 Å². The lowest BCUT2D eigenvalue weighted by molar-refractivity contribution is 0.0996. The lowest BCUT2D eigenvalue weighted by Crippen LogP contribution is -2.17. The Morgan fingerprint density at radius 1 is 1.50 bits per heavy atom. The van der Waals surface area contributed by atoms with Gasteiger partial charge in [-0.25, -0.2) is 4.98 Å². The van der Waals surface area contributed by atoms with E-state index in [1.807, 2.05) is 6.92 Å². The first-order valence-corrected chi connectivity index (χ1v) is 8.08. The largest absolute Gasteiger partial charge is 0.508 e. The highest BCUT2D eigenvalue weighted by atomic mass is 16.3. The molecule has 5 N–H and O–H groups in total. The number of primary amides is 1. The Labute approximate surface area is 151 Å². The van der Waals surface area contributed by atoms with Crippen molar-refractivity contribution >= 4 is 28.7 Å². The van der Waals surface area contributed by atoms with E-state index in [9.17, 15) is 15.2 Å². The van der Waals surface area contributed by atoms with Gasteiger partial charge in [0.25, 0.3) is 5.91 Å². The predicted octanol–water partition coefficient (Wildman–Crippen LogP) is 3.03. The fraction of sp³-hybridized carbons (Fsp3) is 0.211. The summed E-state index contributed by atoms with van der Waals surface area (Å²) in [5.74, 6) is -0.574. The van der Waals surface area contributed by atoms with Crippen molar-refractivity contribution in [2.45, 2.75) is 27.3 Å². The van der Waals surface area contributed by atoms with Crippen LogP contribution in [0.2, 0.25) is 0 Å². The fourth-order valence-corrected chi connectivity index (χ4v) is 2.65.